The lowest BCUT2D eigenvalue weighted by molar-refractivity contribution is -0.140. The number of carbonyl (C=O) groups excluding carboxylic acids is 1. The third-order valence-electron chi connectivity index (χ3n) is 5.45. The quantitative estimate of drug-likeness (QED) is 0.425. The van der Waals surface area contributed by atoms with Crippen molar-refractivity contribution in [3.8, 4) is 0 Å². The van der Waals surface area contributed by atoms with Crippen LogP contribution in [0.4, 0.5) is 10.1 Å². The van der Waals surface area contributed by atoms with Crippen LogP contribution >= 0.6 is 19.8 Å². The maximum Gasteiger partial charge on any atom is 0.309 e. The number of hydrogen-bond acceptors (Lipinski definition) is 7. The second-order valence-electron chi connectivity index (χ2n) is 7.67. The van der Waals surface area contributed by atoms with E-state index in [0.717, 1.165) is 0 Å². The number of halogens is 2. The SMILES string of the molecule is COC(=O)CC[C@@H]1N=C(c2ccccc2F)c2cc(Cl)ccc2N=C1O[PH](=O)N1CCOCC1. The van der Waals surface area contributed by atoms with Gasteiger partial charge in [0.2, 0.25) is 5.90 Å². The summed E-state index contributed by atoms with van der Waals surface area (Å²) in [5.74, 6) is -0.813. The molecule has 2 aliphatic heterocycles. The third-order valence-corrected chi connectivity index (χ3v) is 7.04. The van der Waals surface area contributed by atoms with Gasteiger partial charge in [-0.2, -0.15) is 0 Å². The van der Waals surface area contributed by atoms with Gasteiger partial charge in [0, 0.05) is 35.7 Å². The smallest absolute Gasteiger partial charge is 0.309 e. The average Bonchev–Trinajstić information content (AvgIpc) is 2.99. The highest BCUT2D eigenvalue weighted by Crippen LogP contribution is 2.36. The lowest BCUT2D eigenvalue weighted by Gasteiger charge is -2.26. The van der Waals surface area contributed by atoms with E-state index in [-0.39, 0.29) is 24.3 Å². The summed E-state index contributed by atoms with van der Waals surface area (Å²) in [6, 6.07) is 10.4. The standard InChI is InChI=1S/C23H24ClFN3O5P/c1-31-21(29)9-8-20-23(33-34(30)28-10-12-32-13-11-28)27-19-7-6-15(24)14-17(19)22(26-20)16-4-2-3-5-18(16)25/h2-7,14,20,34H,8-13H2,1H3/t20-/m0/s1. The van der Waals surface area contributed by atoms with Gasteiger partial charge in [-0.05, 0) is 36.8 Å². The minimum atomic E-state index is -2.69. The fraction of sp³-hybridized carbons (Fsp3) is 0.348. The Labute approximate surface area is 202 Å². The van der Waals surface area contributed by atoms with Gasteiger partial charge in [-0.15, -0.1) is 0 Å². The maximum atomic E-state index is 14.8. The Morgan fingerprint density at radius 2 is 2.00 bits per heavy atom. The van der Waals surface area contributed by atoms with E-state index in [9.17, 15) is 13.8 Å². The Bertz CT molecular complexity index is 1150. The molecule has 0 bridgehead atoms. The molecule has 8 nitrogen and oxygen atoms in total. The summed E-state index contributed by atoms with van der Waals surface area (Å²) < 4.78 is 45.5. The topological polar surface area (TPSA) is 89.8 Å². The van der Waals surface area contributed by atoms with Crippen LogP contribution in [0.1, 0.15) is 24.0 Å². The van der Waals surface area contributed by atoms with Crippen molar-refractivity contribution in [3.05, 3.63) is 64.4 Å². The van der Waals surface area contributed by atoms with E-state index in [0.29, 0.717) is 48.3 Å². The van der Waals surface area contributed by atoms with Gasteiger partial charge in [-0.3, -0.25) is 14.4 Å². The number of aliphatic imine (C=N–C) groups is 2. The highest BCUT2D eigenvalue weighted by molar-refractivity contribution is 7.37. The van der Waals surface area contributed by atoms with Gasteiger partial charge in [-0.25, -0.2) is 14.1 Å². The van der Waals surface area contributed by atoms with Crippen LogP contribution in [-0.2, 0) is 23.4 Å². The summed E-state index contributed by atoms with van der Waals surface area (Å²) in [4.78, 5) is 21.3. The Morgan fingerprint density at radius 3 is 2.74 bits per heavy atom. The van der Waals surface area contributed by atoms with Crippen molar-refractivity contribution in [2.45, 2.75) is 18.9 Å². The molecule has 0 spiro atoms. The molecule has 0 radical (unpaired) electrons. The van der Waals surface area contributed by atoms with Gasteiger partial charge in [-0.1, -0.05) is 23.7 Å². The molecule has 2 atom stereocenters. The van der Waals surface area contributed by atoms with Crippen molar-refractivity contribution >= 4 is 43.0 Å². The summed E-state index contributed by atoms with van der Waals surface area (Å²) >= 11 is 6.25. The number of rotatable bonds is 6. The molecule has 0 aromatic heterocycles. The molecule has 34 heavy (non-hydrogen) atoms. The van der Waals surface area contributed by atoms with Crippen molar-refractivity contribution < 1.29 is 27.7 Å². The van der Waals surface area contributed by atoms with E-state index >= 15 is 0 Å². The molecule has 1 unspecified atom stereocenters. The van der Waals surface area contributed by atoms with Crippen molar-refractivity contribution in [2.75, 3.05) is 33.4 Å². The zero-order valence-electron chi connectivity index (χ0n) is 18.5. The average molecular weight is 508 g/mol. The Balaban J connectivity index is 1.78. The molecule has 0 amide bonds. The molecule has 0 saturated carbocycles. The number of benzene rings is 2. The molecular formula is C23H24ClFN3O5P. The number of hydrogen-bond donors (Lipinski definition) is 0. The first-order valence-corrected chi connectivity index (χ1v) is 12.4. The molecule has 4 rings (SSSR count). The van der Waals surface area contributed by atoms with E-state index in [4.69, 9.17) is 30.6 Å². The number of ether oxygens (including phenoxy) is 2. The molecule has 0 aliphatic carbocycles. The van der Waals surface area contributed by atoms with Crippen LogP contribution in [0.2, 0.25) is 5.02 Å². The maximum absolute atomic E-state index is 14.8. The van der Waals surface area contributed by atoms with Crippen LogP contribution in [0.15, 0.2) is 52.4 Å². The first-order chi connectivity index (χ1) is 16.5. The first-order valence-electron chi connectivity index (χ1n) is 10.8. The van der Waals surface area contributed by atoms with Gasteiger partial charge in [0.1, 0.15) is 11.9 Å². The molecule has 180 valence electrons. The summed E-state index contributed by atoms with van der Waals surface area (Å²) in [5.41, 5.74) is 1.52. The van der Waals surface area contributed by atoms with Crippen LogP contribution in [0, 0.1) is 5.82 Å². The number of fused-ring (bicyclic) bond motifs is 1. The molecule has 1 fully saturated rings. The number of morpholine rings is 1. The largest absolute Gasteiger partial charge is 0.469 e. The Kier molecular flexibility index (Phi) is 8.11. The molecule has 2 heterocycles. The lowest BCUT2D eigenvalue weighted by Crippen LogP contribution is -2.32. The normalized spacial score (nSPS) is 19.3. The number of esters is 1. The van der Waals surface area contributed by atoms with E-state index < -0.39 is 26.0 Å². The highest BCUT2D eigenvalue weighted by atomic mass is 35.5. The Hall–Kier alpha value is -2.58. The molecule has 11 heteroatoms. The molecule has 1 saturated heterocycles. The summed E-state index contributed by atoms with van der Waals surface area (Å²) in [6.45, 7) is 1.84. The zero-order valence-corrected chi connectivity index (χ0v) is 20.3. The van der Waals surface area contributed by atoms with E-state index in [1.807, 2.05) is 0 Å². The summed E-state index contributed by atoms with van der Waals surface area (Å²) in [5, 5.41) is 0.426. The van der Waals surface area contributed by atoms with Crippen LogP contribution in [0.3, 0.4) is 0 Å². The first kappa shape index (κ1) is 24.5. The van der Waals surface area contributed by atoms with Gasteiger partial charge >= 0.3 is 14.1 Å². The van der Waals surface area contributed by atoms with Crippen molar-refractivity contribution in [1.29, 1.82) is 0 Å². The van der Waals surface area contributed by atoms with Gasteiger partial charge in [0.25, 0.3) is 0 Å². The van der Waals surface area contributed by atoms with Crippen LogP contribution in [-0.4, -0.2) is 61.7 Å². The second-order valence-corrected chi connectivity index (χ2v) is 9.47. The fourth-order valence-corrected chi connectivity index (χ4v) is 4.88. The molecule has 0 N–H and O–H groups in total. The highest BCUT2D eigenvalue weighted by Gasteiger charge is 2.29. The van der Waals surface area contributed by atoms with Crippen LogP contribution in [0.5, 0.6) is 0 Å². The molecule has 2 aromatic carbocycles. The third kappa shape index (κ3) is 5.73. The fourth-order valence-electron chi connectivity index (χ4n) is 3.67. The van der Waals surface area contributed by atoms with Crippen LogP contribution < -0.4 is 0 Å². The molecular weight excluding hydrogens is 484 g/mol. The van der Waals surface area contributed by atoms with Crippen molar-refractivity contribution in [3.63, 3.8) is 0 Å². The van der Waals surface area contributed by atoms with Crippen molar-refractivity contribution in [1.82, 2.24) is 4.67 Å². The van der Waals surface area contributed by atoms with E-state index in [1.165, 1.54) is 13.2 Å². The van der Waals surface area contributed by atoms with Crippen molar-refractivity contribution in [2.24, 2.45) is 9.98 Å². The number of nitrogens with zero attached hydrogens (tertiary/aromatic N) is 3. The Morgan fingerprint density at radius 1 is 1.24 bits per heavy atom. The predicted molar refractivity (Wildman–Crippen MR) is 128 cm³/mol. The number of methoxy groups -OCH3 is 1. The minimum absolute atomic E-state index is 0.0210. The molecule has 2 aliphatic rings. The van der Waals surface area contributed by atoms with Gasteiger partial charge in [0.15, 0.2) is 0 Å². The predicted octanol–water partition coefficient (Wildman–Crippen LogP) is 4.42. The summed E-state index contributed by atoms with van der Waals surface area (Å²) in [6.07, 6.45) is 0.191. The monoisotopic (exact) mass is 507 g/mol. The minimum Gasteiger partial charge on any atom is -0.469 e. The van der Waals surface area contributed by atoms with Crippen LogP contribution in [0.25, 0.3) is 0 Å². The van der Waals surface area contributed by atoms with E-state index in [1.54, 1.807) is 41.1 Å². The number of carbonyl (C=O) groups is 1. The lowest BCUT2D eigenvalue weighted by atomic mass is 10.00. The van der Waals surface area contributed by atoms with E-state index in [2.05, 4.69) is 4.99 Å². The molecule has 2 aromatic rings. The van der Waals surface area contributed by atoms with Gasteiger partial charge in [0.05, 0.1) is 31.7 Å². The zero-order chi connectivity index (χ0) is 24.1. The second kappa shape index (κ2) is 11.2. The summed E-state index contributed by atoms with van der Waals surface area (Å²) in [7, 11) is -1.40. The van der Waals surface area contributed by atoms with Gasteiger partial charge < -0.3 is 14.0 Å².